The molecule has 0 unspecified atom stereocenters. The minimum atomic E-state index is 0.203. The quantitative estimate of drug-likeness (QED) is 0.776. The predicted octanol–water partition coefficient (Wildman–Crippen LogP) is 4.61. The molecule has 0 amide bonds. The van der Waals surface area contributed by atoms with Crippen LogP contribution in [0.5, 0.6) is 0 Å². The maximum absolute atomic E-state index is 11.1. The minimum absolute atomic E-state index is 0.203. The highest BCUT2D eigenvalue weighted by atomic mass is 16.1. The first-order chi connectivity index (χ1) is 9.06. The van der Waals surface area contributed by atoms with E-state index in [2.05, 4.69) is 50.2 Å². The van der Waals surface area contributed by atoms with Gasteiger partial charge in [-0.2, -0.15) is 0 Å². The summed E-state index contributed by atoms with van der Waals surface area (Å²) in [6.45, 7) is 6.03. The van der Waals surface area contributed by atoms with Crippen LogP contribution in [0.25, 0.3) is 11.1 Å². The SMILES string of the molecule is CC(=O)Cc1ccc(-c2cccc(C(C)C)c2)cc1. The first kappa shape index (κ1) is 13.5. The lowest BCUT2D eigenvalue weighted by atomic mass is 9.96. The Balaban J connectivity index is 2.26. The van der Waals surface area contributed by atoms with Gasteiger partial charge in [0.15, 0.2) is 0 Å². The molecule has 0 aliphatic carbocycles. The summed E-state index contributed by atoms with van der Waals surface area (Å²) in [6.07, 6.45) is 0.520. The molecule has 2 rings (SSSR count). The molecule has 0 N–H and O–H groups in total. The lowest BCUT2D eigenvalue weighted by Gasteiger charge is -2.09. The van der Waals surface area contributed by atoms with E-state index in [0.29, 0.717) is 12.3 Å². The summed E-state index contributed by atoms with van der Waals surface area (Å²) < 4.78 is 0. The first-order valence-electron chi connectivity index (χ1n) is 6.75. The first-order valence-corrected chi connectivity index (χ1v) is 6.75. The molecule has 19 heavy (non-hydrogen) atoms. The summed E-state index contributed by atoms with van der Waals surface area (Å²) in [4.78, 5) is 11.1. The Morgan fingerprint density at radius 1 is 1.00 bits per heavy atom. The number of hydrogen-bond donors (Lipinski definition) is 0. The Bertz CT molecular complexity index is 564. The highest BCUT2D eigenvalue weighted by Crippen LogP contribution is 2.24. The van der Waals surface area contributed by atoms with Crippen molar-refractivity contribution in [1.82, 2.24) is 0 Å². The fourth-order valence-electron chi connectivity index (χ4n) is 2.18. The summed E-state index contributed by atoms with van der Waals surface area (Å²) in [7, 11) is 0. The highest BCUT2D eigenvalue weighted by molar-refractivity contribution is 5.78. The minimum Gasteiger partial charge on any atom is -0.300 e. The van der Waals surface area contributed by atoms with Crippen LogP contribution in [-0.2, 0) is 11.2 Å². The molecule has 0 aliphatic heterocycles. The molecule has 2 aromatic rings. The summed E-state index contributed by atoms with van der Waals surface area (Å²) in [5, 5.41) is 0. The molecule has 98 valence electrons. The third-order valence-electron chi connectivity index (χ3n) is 3.29. The van der Waals surface area contributed by atoms with E-state index in [1.165, 1.54) is 16.7 Å². The van der Waals surface area contributed by atoms with Crippen LogP contribution in [0.15, 0.2) is 48.5 Å². The van der Waals surface area contributed by atoms with Crippen LogP contribution in [-0.4, -0.2) is 5.78 Å². The zero-order valence-electron chi connectivity index (χ0n) is 11.8. The van der Waals surface area contributed by atoms with E-state index in [-0.39, 0.29) is 5.78 Å². The Hall–Kier alpha value is -1.89. The van der Waals surface area contributed by atoms with Crippen LogP contribution >= 0.6 is 0 Å². The predicted molar refractivity (Wildman–Crippen MR) is 80.4 cm³/mol. The maximum Gasteiger partial charge on any atom is 0.134 e. The average Bonchev–Trinajstić information content (AvgIpc) is 2.39. The van der Waals surface area contributed by atoms with Crippen molar-refractivity contribution >= 4 is 5.78 Å². The maximum atomic E-state index is 11.1. The second-order valence-corrected chi connectivity index (χ2v) is 5.36. The van der Waals surface area contributed by atoms with Gasteiger partial charge in [-0.1, -0.05) is 62.4 Å². The van der Waals surface area contributed by atoms with E-state index < -0.39 is 0 Å². The van der Waals surface area contributed by atoms with E-state index in [9.17, 15) is 4.79 Å². The second-order valence-electron chi connectivity index (χ2n) is 5.36. The molecule has 0 aliphatic rings. The van der Waals surface area contributed by atoms with Crippen molar-refractivity contribution in [1.29, 1.82) is 0 Å². The average molecular weight is 252 g/mol. The number of carbonyl (C=O) groups is 1. The molecule has 0 bridgehead atoms. The molecule has 1 nitrogen and oxygen atoms in total. The highest BCUT2D eigenvalue weighted by Gasteiger charge is 2.03. The van der Waals surface area contributed by atoms with Crippen molar-refractivity contribution in [3.8, 4) is 11.1 Å². The molecule has 0 atom stereocenters. The van der Waals surface area contributed by atoms with Gasteiger partial charge in [0.2, 0.25) is 0 Å². The van der Waals surface area contributed by atoms with E-state index in [1.807, 2.05) is 12.1 Å². The van der Waals surface area contributed by atoms with Gasteiger partial charge < -0.3 is 0 Å². The molecule has 0 fully saturated rings. The molecular weight excluding hydrogens is 232 g/mol. The Morgan fingerprint density at radius 2 is 1.68 bits per heavy atom. The van der Waals surface area contributed by atoms with Crippen LogP contribution in [0.1, 0.15) is 37.8 Å². The number of ketones is 1. The third kappa shape index (κ3) is 3.54. The molecule has 0 spiro atoms. The van der Waals surface area contributed by atoms with E-state index >= 15 is 0 Å². The van der Waals surface area contributed by atoms with Crippen LogP contribution in [0.2, 0.25) is 0 Å². The number of carbonyl (C=O) groups excluding carboxylic acids is 1. The van der Waals surface area contributed by atoms with E-state index in [0.717, 1.165) is 5.56 Å². The normalized spacial score (nSPS) is 10.7. The largest absolute Gasteiger partial charge is 0.300 e. The van der Waals surface area contributed by atoms with Crippen molar-refractivity contribution in [2.75, 3.05) is 0 Å². The lowest BCUT2D eigenvalue weighted by molar-refractivity contribution is -0.116. The number of benzene rings is 2. The number of hydrogen-bond acceptors (Lipinski definition) is 1. The molecule has 0 aromatic heterocycles. The molecule has 0 radical (unpaired) electrons. The smallest absolute Gasteiger partial charge is 0.134 e. The molecule has 2 aromatic carbocycles. The van der Waals surface area contributed by atoms with E-state index in [1.54, 1.807) is 6.92 Å². The Morgan fingerprint density at radius 3 is 2.26 bits per heavy atom. The Kier molecular flexibility index (Phi) is 4.16. The van der Waals surface area contributed by atoms with Crippen LogP contribution in [0.4, 0.5) is 0 Å². The van der Waals surface area contributed by atoms with Crippen molar-refractivity contribution in [2.24, 2.45) is 0 Å². The molecular formula is C18H20O. The topological polar surface area (TPSA) is 17.1 Å². The Labute approximate surface area is 115 Å². The zero-order chi connectivity index (χ0) is 13.8. The van der Waals surface area contributed by atoms with Crippen molar-refractivity contribution < 1.29 is 4.79 Å². The summed E-state index contributed by atoms with van der Waals surface area (Å²) in [6, 6.07) is 16.9. The van der Waals surface area contributed by atoms with Crippen LogP contribution in [0.3, 0.4) is 0 Å². The summed E-state index contributed by atoms with van der Waals surface area (Å²) >= 11 is 0. The van der Waals surface area contributed by atoms with Crippen molar-refractivity contribution in [2.45, 2.75) is 33.1 Å². The number of Topliss-reactive ketones (excluding diaryl/α,β-unsaturated/α-hetero) is 1. The van der Waals surface area contributed by atoms with Gasteiger partial charge in [-0.25, -0.2) is 0 Å². The third-order valence-corrected chi connectivity index (χ3v) is 3.29. The van der Waals surface area contributed by atoms with E-state index in [4.69, 9.17) is 0 Å². The van der Waals surface area contributed by atoms with Gasteiger partial charge in [0.05, 0.1) is 0 Å². The molecule has 0 heterocycles. The van der Waals surface area contributed by atoms with Gasteiger partial charge in [-0.15, -0.1) is 0 Å². The van der Waals surface area contributed by atoms with Gasteiger partial charge in [-0.3, -0.25) is 4.79 Å². The molecule has 0 saturated carbocycles. The molecule has 1 heteroatoms. The zero-order valence-corrected chi connectivity index (χ0v) is 11.8. The van der Waals surface area contributed by atoms with Crippen molar-refractivity contribution in [3.05, 3.63) is 59.7 Å². The standard InChI is InChI=1S/C18H20O/c1-13(2)17-5-4-6-18(12-17)16-9-7-15(8-10-16)11-14(3)19/h4-10,12-13H,11H2,1-3H3. The monoisotopic (exact) mass is 252 g/mol. The second kappa shape index (κ2) is 5.83. The fourth-order valence-corrected chi connectivity index (χ4v) is 2.18. The van der Waals surface area contributed by atoms with Gasteiger partial charge in [0.25, 0.3) is 0 Å². The fraction of sp³-hybridized carbons (Fsp3) is 0.278. The van der Waals surface area contributed by atoms with Gasteiger partial charge in [0.1, 0.15) is 5.78 Å². The van der Waals surface area contributed by atoms with Crippen LogP contribution in [0, 0.1) is 0 Å². The van der Waals surface area contributed by atoms with Crippen LogP contribution < -0.4 is 0 Å². The summed E-state index contributed by atoms with van der Waals surface area (Å²) in [5.74, 6) is 0.742. The van der Waals surface area contributed by atoms with Gasteiger partial charge >= 0.3 is 0 Å². The molecule has 0 saturated heterocycles. The van der Waals surface area contributed by atoms with Gasteiger partial charge in [0, 0.05) is 6.42 Å². The number of rotatable bonds is 4. The lowest BCUT2D eigenvalue weighted by Crippen LogP contribution is -1.95. The summed E-state index contributed by atoms with van der Waals surface area (Å²) in [5.41, 5.74) is 4.87. The van der Waals surface area contributed by atoms with Gasteiger partial charge in [-0.05, 0) is 35.1 Å². The van der Waals surface area contributed by atoms with Crippen molar-refractivity contribution in [3.63, 3.8) is 0 Å².